The van der Waals surface area contributed by atoms with Crippen LogP contribution in [0.5, 0.6) is 11.5 Å². The molecule has 0 fully saturated rings. The van der Waals surface area contributed by atoms with Crippen LogP contribution in [0.3, 0.4) is 0 Å². The number of hydrogen-bond donors (Lipinski definition) is 3. The van der Waals surface area contributed by atoms with Crippen molar-refractivity contribution >= 4 is 28.3 Å². The van der Waals surface area contributed by atoms with E-state index in [0.717, 1.165) is 6.07 Å². The van der Waals surface area contributed by atoms with Crippen molar-refractivity contribution in [2.45, 2.75) is 13.0 Å². The lowest BCUT2D eigenvalue weighted by Gasteiger charge is -2.15. The van der Waals surface area contributed by atoms with Crippen molar-refractivity contribution in [1.29, 1.82) is 5.26 Å². The molecule has 0 aromatic heterocycles. The van der Waals surface area contributed by atoms with E-state index in [1.165, 1.54) is 13.0 Å². The zero-order chi connectivity index (χ0) is 20.3. The number of carbonyl (C=O) groups is 2. The van der Waals surface area contributed by atoms with Crippen molar-refractivity contribution in [3.05, 3.63) is 65.7 Å². The molecule has 140 valence electrons. The third-order valence-corrected chi connectivity index (χ3v) is 4.13. The molecule has 1 atom stereocenters. The molecule has 0 bridgehead atoms. The van der Waals surface area contributed by atoms with E-state index in [1.807, 2.05) is 6.07 Å². The number of nitriles is 1. The predicted molar refractivity (Wildman–Crippen MR) is 102 cm³/mol. The van der Waals surface area contributed by atoms with Crippen molar-refractivity contribution in [3.8, 4) is 17.6 Å². The summed E-state index contributed by atoms with van der Waals surface area (Å²) in [6.07, 6.45) is -1.17. The van der Waals surface area contributed by atoms with Crippen molar-refractivity contribution in [2.75, 3.05) is 5.32 Å². The van der Waals surface area contributed by atoms with Crippen molar-refractivity contribution in [2.24, 2.45) is 0 Å². The minimum Gasteiger partial charge on any atom is -0.507 e. The Morgan fingerprint density at radius 1 is 1.07 bits per heavy atom. The number of phenolic OH excluding ortho intramolecular Hbond substituents is 2. The number of aromatic hydroxyl groups is 2. The van der Waals surface area contributed by atoms with Crippen molar-refractivity contribution in [3.63, 3.8) is 0 Å². The topological polar surface area (TPSA) is 120 Å². The maximum absolute atomic E-state index is 12.4. The van der Waals surface area contributed by atoms with Gasteiger partial charge in [-0.25, -0.2) is 4.79 Å². The Labute approximate surface area is 160 Å². The van der Waals surface area contributed by atoms with Gasteiger partial charge in [-0.05, 0) is 31.2 Å². The molecule has 0 aliphatic rings. The van der Waals surface area contributed by atoms with Gasteiger partial charge in [-0.1, -0.05) is 30.3 Å². The number of fused-ring (bicyclic) bond motifs is 1. The fourth-order valence-corrected chi connectivity index (χ4v) is 2.68. The SMILES string of the molecule is CC(OC(=O)c1cc(O)c2ccccc2c1O)C(=O)Nc1cccc(C#N)c1. The minimum absolute atomic E-state index is 0.189. The summed E-state index contributed by atoms with van der Waals surface area (Å²) < 4.78 is 5.12. The summed E-state index contributed by atoms with van der Waals surface area (Å²) in [7, 11) is 0. The van der Waals surface area contributed by atoms with Crippen LogP contribution in [-0.2, 0) is 9.53 Å². The van der Waals surface area contributed by atoms with Gasteiger partial charge in [-0.2, -0.15) is 5.26 Å². The van der Waals surface area contributed by atoms with Gasteiger partial charge >= 0.3 is 5.97 Å². The second-order valence-electron chi connectivity index (χ2n) is 6.07. The molecular formula is C21H16N2O5. The number of esters is 1. The summed E-state index contributed by atoms with van der Waals surface area (Å²) in [6, 6.07) is 15.8. The highest BCUT2D eigenvalue weighted by atomic mass is 16.5. The predicted octanol–water partition coefficient (Wildman–Crippen LogP) is 3.31. The van der Waals surface area contributed by atoms with E-state index in [-0.39, 0.29) is 17.1 Å². The van der Waals surface area contributed by atoms with Crippen LogP contribution < -0.4 is 5.32 Å². The summed E-state index contributed by atoms with van der Waals surface area (Å²) in [5, 5.41) is 32.6. The highest BCUT2D eigenvalue weighted by Crippen LogP contribution is 2.35. The molecule has 7 nitrogen and oxygen atoms in total. The van der Waals surface area contributed by atoms with E-state index in [2.05, 4.69) is 5.32 Å². The summed E-state index contributed by atoms with van der Waals surface area (Å²) in [5.41, 5.74) is 0.513. The molecule has 0 saturated carbocycles. The first-order chi connectivity index (χ1) is 13.4. The van der Waals surface area contributed by atoms with E-state index < -0.39 is 18.0 Å². The Morgan fingerprint density at radius 3 is 2.50 bits per heavy atom. The summed E-state index contributed by atoms with van der Waals surface area (Å²) >= 11 is 0. The standard InChI is InChI=1S/C21H16N2O5/c1-12(20(26)23-14-6-4-5-13(9-14)11-22)28-21(27)17-10-18(24)15-7-2-3-8-16(15)19(17)25/h2-10,12,24-25H,1H3,(H,23,26). The van der Waals surface area contributed by atoms with Crippen LogP contribution in [0.25, 0.3) is 10.8 Å². The molecular weight excluding hydrogens is 360 g/mol. The van der Waals surface area contributed by atoms with Crippen molar-refractivity contribution < 1.29 is 24.5 Å². The van der Waals surface area contributed by atoms with E-state index >= 15 is 0 Å². The van der Waals surface area contributed by atoms with Gasteiger partial charge < -0.3 is 20.3 Å². The van der Waals surface area contributed by atoms with Crippen LogP contribution in [0.2, 0.25) is 0 Å². The molecule has 7 heteroatoms. The maximum atomic E-state index is 12.4. The third kappa shape index (κ3) is 3.71. The van der Waals surface area contributed by atoms with Gasteiger partial charge in [0.15, 0.2) is 6.10 Å². The normalized spacial score (nSPS) is 11.4. The third-order valence-electron chi connectivity index (χ3n) is 4.13. The number of nitrogens with zero attached hydrogens (tertiary/aromatic N) is 1. The first kappa shape index (κ1) is 18.7. The van der Waals surface area contributed by atoms with Crippen LogP contribution in [0.1, 0.15) is 22.8 Å². The number of hydrogen-bond acceptors (Lipinski definition) is 6. The number of nitrogens with one attached hydrogen (secondary N) is 1. The van der Waals surface area contributed by atoms with Gasteiger partial charge in [-0.3, -0.25) is 4.79 Å². The number of benzene rings is 3. The summed E-state index contributed by atoms with van der Waals surface area (Å²) in [4.78, 5) is 24.7. The molecule has 0 radical (unpaired) electrons. The first-order valence-corrected chi connectivity index (χ1v) is 8.36. The number of ether oxygens (including phenoxy) is 1. The molecule has 0 heterocycles. The van der Waals surface area contributed by atoms with Crippen LogP contribution >= 0.6 is 0 Å². The summed E-state index contributed by atoms with van der Waals surface area (Å²) in [5.74, 6) is -2.08. The van der Waals surface area contributed by atoms with E-state index in [1.54, 1.807) is 42.5 Å². The second-order valence-corrected chi connectivity index (χ2v) is 6.07. The lowest BCUT2D eigenvalue weighted by molar-refractivity contribution is -0.123. The Kier molecular flexibility index (Phi) is 5.14. The fourth-order valence-electron chi connectivity index (χ4n) is 2.68. The second kappa shape index (κ2) is 7.68. The fraction of sp³-hybridized carbons (Fsp3) is 0.0952. The summed E-state index contributed by atoms with van der Waals surface area (Å²) in [6.45, 7) is 1.37. The number of amides is 1. The molecule has 1 amide bonds. The highest BCUT2D eigenvalue weighted by Gasteiger charge is 2.23. The van der Waals surface area contributed by atoms with Crippen LogP contribution in [-0.4, -0.2) is 28.2 Å². The van der Waals surface area contributed by atoms with E-state index in [0.29, 0.717) is 22.0 Å². The minimum atomic E-state index is -1.17. The van der Waals surface area contributed by atoms with Crippen LogP contribution in [0.15, 0.2) is 54.6 Å². The largest absolute Gasteiger partial charge is 0.507 e. The average molecular weight is 376 g/mol. The van der Waals surface area contributed by atoms with Gasteiger partial charge in [-0.15, -0.1) is 0 Å². The maximum Gasteiger partial charge on any atom is 0.342 e. The Balaban J connectivity index is 1.77. The zero-order valence-corrected chi connectivity index (χ0v) is 14.8. The molecule has 0 aliphatic carbocycles. The molecule has 3 N–H and O–H groups in total. The molecule has 3 rings (SSSR count). The first-order valence-electron chi connectivity index (χ1n) is 8.36. The van der Waals surface area contributed by atoms with E-state index in [9.17, 15) is 19.8 Å². The average Bonchev–Trinajstić information content (AvgIpc) is 2.70. The Bertz CT molecular complexity index is 1120. The molecule has 0 saturated heterocycles. The van der Waals surface area contributed by atoms with Gasteiger partial charge in [0.25, 0.3) is 5.91 Å². The molecule has 0 aliphatic heterocycles. The van der Waals surface area contributed by atoms with Gasteiger partial charge in [0.05, 0.1) is 11.6 Å². The molecule has 0 spiro atoms. The number of anilines is 1. The number of rotatable bonds is 4. The zero-order valence-electron chi connectivity index (χ0n) is 14.8. The van der Waals surface area contributed by atoms with Gasteiger partial charge in [0, 0.05) is 16.5 Å². The Hall–Kier alpha value is -4.05. The van der Waals surface area contributed by atoms with E-state index in [4.69, 9.17) is 10.00 Å². The van der Waals surface area contributed by atoms with Crippen LogP contribution in [0, 0.1) is 11.3 Å². The van der Waals surface area contributed by atoms with Crippen molar-refractivity contribution in [1.82, 2.24) is 0 Å². The number of phenols is 2. The Morgan fingerprint density at radius 2 is 1.79 bits per heavy atom. The van der Waals surface area contributed by atoms with Gasteiger partial charge in [0.2, 0.25) is 0 Å². The monoisotopic (exact) mass is 376 g/mol. The highest BCUT2D eigenvalue weighted by molar-refractivity contribution is 6.04. The van der Waals surface area contributed by atoms with Gasteiger partial charge in [0.1, 0.15) is 17.1 Å². The molecule has 3 aromatic rings. The molecule has 1 unspecified atom stereocenters. The lowest BCUT2D eigenvalue weighted by atomic mass is 10.0. The lowest BCUT2D eigenvalue weighted by Crippen LogP contribution is -2.30. The smallest absolute Gasteiger partial charge is 0.342 e. The quantitative estimate of drug-likeness (QED) is 0.475. The molecule has 28 heavy (non-hydrogen) atoms. The van der Waals surface area contributed by atoms with Crippen LogP contribution in [0.4, 0.5) is 5.69 Å². The molecule has 3 aromatic carbocycles. The number of carbonyl (C=O) groups excluding carboxylic acids is 2.